The summed E-state index contributed by atoms with van der Waals surface area (Å²) in [6.07, 6.45) is 4.01. The third-order valence-electron chi connectivity index (χ3n) is 9.28. The highest BCUT2D eigenvalue weighted by atomic mass is 16.5. The highest BCUT2D eigenvalue weighted by molar-refractivity contribution is 5.76. The molecule has 0 aliphatic carbocycles. The van der Waals surface area contributed by atoms with Crippen molar-refractivity contribution in [3.05, 3.63) is 95.1 Å². The molecule has 2 heterocycles. The van der Waals surface area contributed by atoms with Gasteiger partial charge in [-0.25, -0.2) is 0 Å². The van der Waals surface area contributed by atoms with Gasteiger partial charge in [-0.15, -0.1) is 30.0 Å². The number of rotatable bonds is 11. The van der Waals surface area contributed by atoms with Crippen molar-refractivity contribution in [3.8, 4) is 22.9 Å². The van der Waals surface area contributed by atoms with E-state index in [4.69, 9.17) is 25.1 Å². The highest BCUT2D eigenvalue weighted by Gasteiger charge is 2.31. The van der Waals surface area contributed by atoms with Gasteiger partial charge >= 0.3 is 5.97 Å². The van der Waals surface area contributed by atoms with Crippen LogP contribution in [0, 0.1) is 0 Å². The van der Waals surface area contributed by atoms with Gasteiger partial charge in [0.2, 0.25) is 0 Å². The van der Waals surface area contributed by atoms with Crippen molar-refractivity contribution in [2.45, 2.75) is 97.3 Å². The second kappa shape index (κ2) is 14.2. The fourth-order valence-corrected chi connectivity index (χ4v) is 6.44. The lowest BCUT2D eigenvalue weighted by Crippen LogP contribution is -2.19. The van der Waals surface area contributed by atoms with Gasteiger partial charge in [-0.3, -0.25) is 4.79 Å². The molecule has 0 aliphatic heterocycles. The van der Waals surface area contributed by atoms with Gasteiger partial charge in [-0.2, -0.15) is 0 Å². The summed E-state index contributed by atoms with van der Waals surface area (Å²) in [6, 6.07) is 22.7. The van der Waals surface area contributed by atoms with Gasteiger partial charge in [0.25, 0.3) is 0 Å². The Morgan fingerprint density at radius 1 is 0.667 bits per heavy atom. The first-order chi connectivity index (χ1) is 24.2. The average molecular weight is 689 g/mol. The van der Waals surface area contributed by atoms with Crippen LogP contribution in [0.1, 0.15) is 109 Å². The van der Waals surface area contributed by atoms with Crippen LogP contribution in [0.15, 0.2) is 72.8 Å². The second-order valence-corrected chi connectivity index (χ2v) is 15.4. The zero-order chi connectivity index (χ0) is 36.5. The Labute approximate surface area is 299 Å². The van der Waals surface area contributed by atoms with Crippen LogP contribution in [0.5, 0.6) is 11.5 Å². The van der Waals surface area contributed by atoms with Crippen LogP contribution < -0.4 is 0 Å². The van der Waals surface area contributed by atoms with Crippen molar-refractivity contribution < 1.29 is 19.7 Å². The Bertz CT molecular complexity index is 1980. The van der Waals surface area contributed by atoms with E-state index < -0.39 is 16.7 Å². The van der Waals surface area contributed by atoms with Crippen LogP contribution in [0.3, 0.4) is 0 Å². The fraction of sp³-hybridized carbons (Fsp3) is 0.390. The number of hydrogen-bond acceptors (Lipinski definition) is 8. The summed E-state index contributed by atoms with van der Waals surface area (Å²) in [5, 5.41) is 42.3. The van der Waals surface area contributed by atoms with E-state index in [-0.39, 0.29) is 23.9 Å². The minimum Gasteiger partial charge on any atom is -0.505 e. The number of carbonyl (C=O) groups is 1. The smallest absolute Gasteiger partial charge is 0.306 e. The lowest BCUT2D eigenvalue weighted by atomic mass is 9.78. The van der Waals surface area contributed by atoms with E-state index in [0.29, 0.717) is 51.2 Å². The van der Waals surface area contributed by atoms with Crippen LogP contribution in [-0.4, -0.2) is 52.8 Å². The number of hydrogen-bond donors (Lipinski definition) is 2. The number of esters is 1. The van der Waals surface area contributed by atoms with Gasteiger partial charge in [0, 0.05) is 17.0 Å². The molecule has 51 heavy (non-hydrogen) atoms. The summed E-state index contributed by atoms with van der Waals surface area (Å²) in [7, 11) is 0. The molecule has 0 spiro atoms. The van der Waals surface area contributed by atoms with Crippen LogP contribution in [0.2, 0.25) is 0 Å². The van der Waals surface area contributed by atoms with Crippen LogP contribution in [-0.2, 0) is 20.4 Å². The third-order valence-corrected chi connectivity index (χ3v) is 9.28. The molecule has 0 saturated heterocycles. The van der Waals surface area contributed by atoms with Gasteiger partial charge in [0.15, 0.2) is 0 Å². The molecule has 0 aliphatic rings. The van der Waals surface area contributed by atoms with Crippen LogP contribution >= 0.6 is 0 Å². The maximum atomic E-state index is 13.7. The number of ether oxygens (including phenoxy) is 1. The number of fused-ring (bicyclic) bond motifs is 2. The molecule has 2 N–H and O–H groups in total. The molecule has 0 atom stereocenters. The maximum absolute atomic E-state index is 13.7. The molecule has 10 nitrogen and oxygen atoms in total. The summed E-state index contributed by atoms with van der Waals surface area (Å²) >= 11 is 0. The Morgan fingerprint density at radius 2 is 1.08 bits per heavy atom. The average Bonchev–Trinajstić information content (AvgIpc) is 3.71. The number of benzene rings is 4. The molecule has 0 saturated carbocycles. The molecular formula is C41H48N6O4. The number of nitrogens with zero attached hydrogens (tertiary/aromatic N) is 6. The topological polar surface area (TPSA) is 128 Å². The summed E-state index contributed by atoms with van der Waals surface area (Å²) in [4.78, 5) is 16.6. The molecule has 0 unspecified atom stereocenters. The Balaban J connectivity index is 1.55. The summed E-state index contributed by atoms with van der Waals surface area (Å²) in [5.74, 6) is -0.735. The van der Waals surface area contributed by atoms with E-state index in [9.17, 15) is 15.0 Å². The predicted molar refractivity (Wildman–Crippen MR) is 200 cm³/mol. The summed E-state index contributed by atoms with van der Waals surface area (Å²) < 4.78 is 5.82. The molecule has 2 aromatic heterocycles. The van der Waals surface area contributed by atoms with Gasteiger partial charge in [-0.05, 0) is 64.8 Å². The molecule has 266 valence electrons. The van der Waals surface area contributed by atoms with Crippen molar-refractivity contribution in [1.29, 1.82) is 0 Å². The van der Waals surface area contributed by atoms with Crippen molar-refractivity contribution in [3.63, 3.8) is 0 Å². The standard InChI is InChI=1S/C41H48N6O4/c1-8-9-10-15-20-51-37(48)25-28(26-21-29(40(2,3)4)38(49)35(23-26)46-42-31-16-11-12-17-32(31)43-46)27-22-30(41(5,6)7)39(50)36(24-27)47-44-33-18-13-14-19-34(33)45-47/h11-14,16-19,21-24,28,49-50H,8-10,15,20,25H2,1-7H3. The Kier molecular flexibility index (Phi) is 9.88. The van der Waals surface area contributed by atoms with Crippen LogP contribution in [0.4, 0.5) is 0 Å². The van der Waals surface area contributed by atoms with Gasteiger partial charge in [-0.1, -0.05) is 104 Å². The van der Waals surface area contributed by atoms with E-state index in [2.05, 4.69) is 6.92 Å². The van der Waals surface area contributed by atoms with E-state index in [1.165, 1.54) is 9.59 Å². The molecule has 10 heteroatoms. The molecule has 0 fully saturated rings. The molecule has 0 amide bonds. The lowest BCUT2D eigenvalue weighted by molar-refractivity contribution is -0.144. The number of phenols is 2. The Hall–Kier alpha value is -5.25. The second-order valence-electron chi connectivity index (χ2n) is 15.4. The van der Waals surface area contributed by atoms with Crippen molar-refractivity contribution in [2.24, 2.45) is 0 Å². The monoisotopic (exact) mass is 688 g/mol. The molecule has 0 radical (unpaired) electrons. The lowest BCUT2D eigenvalue weighted by Gasteiger charge is -2.28. The predicted octanol–water partition coefficient (Wildman–Crippen LogP) is 8.81. The number of aromatic hydroxyl groups is 2. The summed E-state index contributed by atoms with van der Waals surface area (Å²) in [6.45, 7) is 14.7. The van der Waals surface area contributed by atoms with Crippen molar-refractivity contribution >= 4 is 28.0 Å². The van der Waals surface area contributed by atoms with Gasteiger partial charge in [0.1, 0.15) is 44.9 Å². The Morgan fingerprint density at radius 3 is 1.45 bits per heavy atom. The molecule has 0 bridgehead atoms. The first-order valence-corrected chi connectivity index (χ1v) is 17.8. The van der Waals surface area contributed by atoms with E-state index >= 15 is 0 Å². The van der Waals surface area contributed by atoms with Gasteiger partial charge in [0.05, 0.1) is 13.0 Å². The largest absolute Gasteiger partial charge is 0.505 e. The fourth-order valence-electron chi connectivity index (χ4n) is 6.44. The van der Waals surface area contributed by atoms with Crippen molar-refractivity contribution in [1.82, 2.24) is 30.0 Å². The quantitative estimate of drug-likeness (QED) is 0.102. The van der Waals surface area contributed by atoms with E-state index in [1.54, 1.807) is 0 Å². The van der Waals surface area contributed by atoms with Gasteiger partial charge < -0.3 is 14.9 Å². The minimum absolute atomic E-state index is 0.0262. The molecule has 6 rings (SSSR count). The SMILES string of the molecule is CCCCCCOC(=O)CC(c1cc(-n2nc3ccccc3n2)c(O)c(C(C)(C)C)c1)c1cc(-n2nc3ccccc3n2)c(O)c(C(C)(C)C)c1. The number of aromatic nitrogens is 6. The number of phenolic OH excluding ortho intramolecular Hbond substituents is 2. The normalized spacial score (nSPS) is 12.3. The molecule has 6 aromatic rings. The minimum atomic E-state index is -0.538. The first-order valence-electron chi connectivity index (χ1n) is 17.8. The van der Waals surface area contributed by atoms with Crippen LogP contribution in [0.25, 0.3) is 33.4 Å². The van der Waals surface area contributed by atoms with E-state index in [1.807, 2.05) is 114 Å². The first kappa shape index (κ1) is 35.6. The zero-order valence-corrected chi connectivity index (χ0v) is 30.6. The molecule has 4 aromatic carbocycles. The highest BCUT2D eigenvalue weighted by Crippen LogP contribution is 2.43. The zero-order valence-electron chi connectivity index (χ0n) is 30.6. The maximum Gasteiger partial charge on any atom is 0.306 e. The number of unbranched alkanes of at least 4 members (excludes halogenated alkanes) is 3. The van der Waals surface area contributed by atoms with Crippen molar-refractivity contribution in [2.75, 3.05) is 6.61 Å². The third kappa shape index (κ3) is 7.60. The summed E-state index contributed by atoms with van der Waals surface area (Å²) in [5.41, 5.74) is 5.55. The van der Waals surface area contributed by atoms with E-state index in [0.717, 1.165) is 36.8 Å². The number of carbonyl (C=O) groups excluding carboxylic acids is 1. The molecular weight excluding hydrogens is 640 g/mol.